The smallest absolute Gasteiger partial charge is 0.340 e. The average molecular weight is 430 g/mol. The highest BCUT2D eigenvalue weighted by molar-refractivity contribution is 7.99. The molecule has 0 spiro atoms. The van der Waals surface area contributed by atoms with Crippen LogP contribution in [-0.4, -0.2) is 44.9 Å². The number of tetrazole rings is 1. The monoisotopic (exact) mass is 429 g/mol. The molecule has 1 aromatic heterocycles. The van der Waals surface area contributed by atoms with Gasteiger partial charge in [0.1, 0.15) is 0 Å². The summed E-state index contributed by atoms with van der Waals surface area (Å²) in [7, 11) is 1.24. The number of benzene rings is 1. The Kier molecular flexibility index (Phi) is 6.56. The highest BCUT2D eigenvalue weighted by Crippen LogP contribution is 2.33. The van der Waals surface area contributed by atoms with Crippen LogP contribution in [0.25, 0.3) is 0 Å². The van der Waals surface area contributed by atoms with Gasteiger partial charge in [0, 0.05) is 5.02 Å². The molecule has 1 aromatic carbocycles. The van der Waals surface area contributed by atoms with Crippen LogP contribution in [0.5, 0.6) is 0 Å². The van der Waals surface area contributed by atoms with Crippen molar-refractivity contribution in [3.05, 3.63) is 27.7 Å². The summed E-state index contributed by atoms with van der Waals surface area (Å²) in [5, 5.41) is 15.4. The molecule has 144 valence electrons. The summed E-state index contributed by atoms with van der Waals surface area (Å²) in [6, 6.07) is 3.11. The number of rotatable bonds is 6. The van der Waals surface area contributed by atoms with Crippen LogP contribution >= 0.6 is 35.0 Å². The maximum Gasteiger partial charge on any atom is 0.340 e. The minimum Gasteiger partial charge on any atom is -0.465 e. The zero-order chi connectivity index (χ0) is 19.4. The zero-order valence-corrected chi connectivity index (χ0v) is 16.8. The van der Waals surface area contributed by atoms with Gasteiger partial charge in [-0.05, 0) is 35.4 Å². The summed E-state index contributed by atoms with van der Waals surface area (Å²) in [6.07, 6.45) is 4.38. The van der Waals surface area contributed by atoms with Crippen molar-refractivity contribution in [2.24, 2.45) is 0 Å². The molecular formula is C16H17Cl2N5O3S. The average Bonchev–Trinajstić information content (AvgIpc) is 3.32. The van der Waals surface area contributed by atoms with Crippen molar-refractivity contribution in [3.63, 3.8) is 0 Å². The molecule has 11 heteroatoms. The second-order valence-corrected chi connectivity index (χ2v) is 7.77. The number of carbonyl (C=O) groups is 2. The van der Waals surface area contributed by atoms with Gasteiger partial charge in [0.2, 0.25) is 11.1 Å². The number of carbonyl (C=O) groups excluding carboxylic acids is 2. The second kappa shape index (κ2) is 8.90. The largest absolute Gasteiger partial charge is 0.465 e. The van der Waals surface area contributed by atoms with E-state index < -0.39 is 5.97 Å². The van der Waals surface area contributed by atoms with Gasteiger partial charge in [-0.15, -0.1) is 5.10 Å². The maximum absolute atomic E-state index is 12.4. The number of methoxy groups -OCH3 is 1. The molecule has 2 aromatic rings. The van der Waals surface area contributed by atoms with Crippen molar-refractivity contribution in [1.82, 2.24) is 20.2 Å². The van der Waals surface area contributed by atoms with E-state index in [0.29, 0.717) is 5.16 Å². The molecule has 0 aliphatic heterocycles. The Labute approximate surface area is 169 Å². The Morgan fingerprint density at radius 1 is 1.33 bits per heavy atom. The highest BCUT2D eigenvalue weighted by atomic mass is 35.5. The topological polar surface area (TPSA) is 99.0 Å². The molecular weight excluding hydrogens is 413 g/mol. The van der Waals surface area contributed by atoms with Crippen molar-refractivity contribution < 1.29 is 14.3 Å². The molecule has 1 fully saturated rings. The van der Waals surface area contributed by atoms with E-state index in [-0.39, 0.29) is 39.0 Å². The quantitative estimate of drug-likeness (QED) is 0.552. The van der Waals surface area contributed by atoms with E-state index in [1.54, 1.807) is 4.68 Å². The van der Waals surface area contributed by atoms with Crippen molar-refractivity contribution >= 4 is 52.5 Å². The van der Waals surface area contributed by atoms with Crippen LogP contribution in [0.2, 0.25) is 10.0 Å². The summed E-state index contributed by atoms with van der Waals surface area (Å²) >= 11 is 13.3. The molecule has 8 nitrogen and oxygen atoms in total. The number of nitrogens with zero attached hydrogens (tertiary/aromatic N) is 4. The molecule has 1 aliphatic carbocycles. The Morgan fingerprint density at radius 2 is 2.07 bits per heavy atom. The first kappa shape index (κ1) is 19.9. The van der Waals surface area contributed by atoms with Gasteiger partial charge in [0.15, 0.2) is 0 Å². The van der Waals surface area contributed by atoms with Gasteiger partial charge in [0.25, 0.3) is 0 Å². The molecule has 0 bridgehead atoms. The van der Waals surface area contributed by atoms with Gasteiger partial charge in [-0.3, -0.25) is 4.79 Å². The minimum atomic E-state index is -0.646. The third-order valence-electron chi connectivity index (χ3n) is 4.19. The Balaban J connectivity index is 1.69. The van der Waals surface area contributed by atoms with Crippen LogP contribution in [0.4, 0.5) is 5.69 Å². The van der Waals surface area contributed by atoms with Gasteiger partial charge in [-0.1, -0.05) is 47.8 Å². The van der Waals surface area contributed by atoms with Crippen LogP contribution in [-0.2, 0) is 9.53 Å². The molecule has 0 atom stereocenters. The van der Waals surface area contributed by atoms with Crippen molar-refractivity contribution in [2.75, 3.05) is 18.2 Å². The Bertz CT molecular complexity index is 855. The van der Waals surface area contributed by atoms with Gasteiger partial charge >= 0.3 is 5.97 Å². The Morgan fingerprint density at radius 3 is 2.78 bits per heavy atom. The first-order valence-electron chi connectivity index (χ1n) is 8.27. The lowest BCUT2D eigenvalue weighted by molar-refractivity contribution is -0.113. The molecule has 0 saturated heterocycles. The third kappa shape index (κ3) is 4.72. The van der Waals surface area contributed by atoms with Crippen LogP contribution in [0, 0.1) is 0 Å². The molecule has 1 aliphatic rings. The van der Waals surface area contributed by atoms with E-state index in [4.69, 9.17) is 27.9 Å². The molecule has 1 N–H and O–H groups in total. The number of halogens is 2. The standard InChI is InChI=1S/C16H17Cl2N5O3S/c1-26-15(25)11-6-9(17)7-12(18)14(11)19-13(24)8-27-16-20-21-22-23(16)10-4-2-3-5-10/h6-7,10H,2-5,8H2,1H3,(H,19,24). The SMILES string of the molecule is COC(=O)c1cc(Cl)cc(Cl)c1NC(=O)CSc1nnnn1C1CCCC1. The molecule has 0 radical (unpaired) electrons. The number of amides is 1. The van der Waals surface area contributed by atoms with E-state index in [1.165, 1.54) is 31.0 Å². The van der Waals surface area contributed by atoms with Gasteiger partial charge in [0.05, 0.1) is 35.2 Å². The van der Waals surface area contributed by atoms with E-state index in [9.17, 15) is 9.59 Å². The first-order chi connectivity index (χ1) is 13.0. The predicted molar refractivity (Wildman–Crippen MR) is 102 cm³/mol. The molecule has 1 saturated carbocycles. The van der Waals surface area contributed by atoms with Crippen LogP contribution in [0.1, 0.15) is 42.1 Å². The molecule has 27 heavy (non-hydrogen) atoms. The van der Waals surface area contributed by atoms with Crippen molar-refractivity contribution in [3.8, 4) is 0 Å². The lowest BCUT2D eigenvalue weighted by Crippen LogP contribution is -2.18. The number of esters is 1. The van der Waals surface area contributed by atoms with E-state index in [0.717, 1.165) is 25.7 Å². The summed E-state index contributed by atoms with van der Waals surface area (Å²) in [4.78, 5) is 24.3. The lowest BCUT2D eigenvalue weighted by Gasteiger charge is -2.13. The number of aromatic nitrogens is 4. The van der Waals surface area contributed by atoms with E-state index in [2.05, 4.69) is 20.8 Å². The second-order valence-electron chi connectivity index (χ2n) is 5.98. The van der Waals surface area contributed by atoms with Gasteiger partial charge in [-0.25, -0.2) is 9.48 Å². The van der Waals surface area contributed by atoms with Crippen LogP contribution < -0.4 is 5.32 Å². The fourth-order valence-electron chi connectivity index (χ4n) is 2.94. The molecule has 1 heterocycles. The normalized spacial score (nSPS) is 14.3. The summed E-state index contributed by atoms with van der Waals surface area (Å²) < 4.78 is 6.50. The molecule has 0 unspecified atom stereocenters. The third-order valence-corrected chi connectivity index (χ3v) is 5.64. The van der Waals surface area contributed by atoms with Crippen LogP contribution in [0.3, 0.4) is 0 Å². The highest BCUT2D eigenvalue weighted by Gasteiger charge is 2.23. The fraction of sp³-hybridized carbons (Fsp3) is 0.438. The molecule has 3 rings (SSSR count). The van der Waals surface area contributed by atoms with Crippen LogP contribution in [0.15, 0.2) is 17.3 Å². The van der Waals surface area contributed by atoms with Crippen molar-refractivity contribution in [2.45, 2.75) is 36.9 Å². The number of anilines is 1. The number of nitrogens with one attached hydrogen (secondary N) is 1. The Hall–Kier alpha value is -1.84. The summed E-state index contributed by atoms with van der Waals surface area (Å²) in [6.45, 7) is 0. The predicted octanol–water partition coefficient (Wildman–Crippen LogP) is 3.61. The maximum atomic E-state index is 12.4. The zero-order valence-electron chi connectivity index (χ0n) is 14.4. The van der Waals surface area contributed by atoms with Gasteiger partial charge in [-0.2, -0.15) is 0 Å². The number of hydrogen-bond donors (Lipinski definition) is 1. The summed E-state index contributed by atoms with van der Waals surface area (Å²) in [5.41, 5.74) is 0.248. The van der Waals surface area contributed by atoms with E-state index >= 15 is 0 Å². The number of thioether (sulfide) groups is 1. The lowest BCUT2D eigenvalue weighted by atomic mass is 10.1. The van der Waals surface area contributed by atoms with Crippen molar-refractivity contribution in [1.29, 1.82) is 0 Å². The number of ether oxygens (including phenoxy) is 1. The first-order valence-corrected chi connectivity index (χ1v) is 10.0. The van der Waals surface area contributed by atoms with E-state index in [1.807, 2.05) is 0 Å². The summed E-state index contributed by atoms with van der Waals surface area (Å²) in [5.74, 6) is -0.935. The fourth-order valence-corrected chi connectivity index (χ4v) is 4.22. The molecule has 1 amide bonds. The van der Waals surface area contributed by atoms with Gasteiger partial charge < -0.3 is 10.1 Å². The number of hydrogen-bond acceptors (Lipinski definition) is 7. The minimum absolute atomic E-state index is 0.0622.